The molecule has 0 aliphatic carbocycles. The molecule has 0 aromatic heterocycles. The maximum absolute atomic E-state index is 12.4. The van der Waals surface area contributed by atoms with Crippen molar-refractivity contribution in [2.75, 3.05) is 13.7 Å². The van der Waals surface area contributed by atoms with Crippen LogP contribution in [-0.4, -0.2) is 69.2 Å². The number of ether oxygens (including phenoxy) is 4. The summed E-state index contributed by atoms with van der Waals surface area (Å²) in [6.07, 6.45) is -3.23. The van der Waals surface area contributed by atoms with Crippen molar-refractivity contribution in [1.82, 2.24) is 0 Å². The standard InChI is InChI=1S/C13H14O10S/c1-3-8(14)20-5-9(15)22-10-6-4-7-11(21-6)13(10,12(16)19-2)24(17,18)23-7/h3,6-7,10-11H,1,4-5H2,2H3. The minimum absolute atomic E-state index is 0.146. The van der Waals surface area contributed by atoms with Crippen molar-refractivity contribution in [3.8, 4) is 0 Å². The number of carbonyl (C=O) groups is 3. The van der Waals surface area contributed by atoms with Crippen LogP contribution in [-0.2, 0) is 47.6 Å². The second-order valence-corrected chi connectivity index (χ2v) is 7.20. The Bertz CT molecular complexity index is 712. The van der Waals surface area contributed by atoms with E-state index in [1.807, 2.05) is 0 Å². The molecule has 0 aromatic carbocycles. The first-order valence-electron chi connectivity index (χ1n) is 6.93. The Kier molecular flexibility index (Phi) is 3.89. The maximum atomic E-state index is 12.4. The third kappa shape index (κ3) is 2.08. The van der Waals surface area contributed by atoms with Gasteiger partial charge in [-0.2, -0.15) is 8.42 Å². The summed E-state index contributed by atoms with van der Waals surface area (Å²) in [5.41, 5.74) is 0. The van der Waals surface area contributed by atoms with Crippen molar-refractivity contribution in [1.29, 1.82) is 0 Å². The van der Waals surface area contributed by atoms with Gasteiger partial charge in [-0.15, -0.1) is 0 Å². The van der Waals surface area contributed by atoms with E-state index in [2.05, 4.69) is 16.1 Å². The predicted molar refractivity (Wildman–Crippen MR) is 72.9 cm³/mol. The molecule has 3 fully saturated rings. The minimum atomic E-state index is -4.44. The zero-order chi connectivity index (χ0) is 17.7. The van der Waals surface area contributed by atoms with E-state index in [-0.39, 0.29) is 6.42 Å². The van der Waals surface area contributed by atoms with Crippen molar-refractivity contribution in [2.24, 2.45) is 0 Å². The van der Waals surface area contributed by atoms with Gasteiger partial charge in [0.05, 0.1) is 7.11 Å². The van der Waals surface area contributed by atoms with Crippen molar-refractivity contribution < 1.29 is 45.9 Å². The van der Waals surface area contributed by atoms with Gasteiger partial charge in [0.1, 0.15) is 18.3 Å². The fraction of sp³-hybridized carbons (Fsp3) is 0.615. The van der Waals surface area contributed by atoms with E-state index in [0.29, 0.717) is 0 Å². The molecule has 3 aliphatic rings. The van der Waals surface area contributed by atoms with E-state index in [1.165, 1.54) is 0 Å². The van der Waals surface area contributed by atoms with Gasteiger partial charge >= 0.3 is 17.9 Å². The summed E-state index contributed by atoms with van der Waals surface area (Å²) < 4.78 is 47.2. The molecule has 0 saturated carbocycles. The molecule has 2 bridgehead atoms. The van der Waals surface area contributed by atoms with E-state index in [0.717, 1.165) is 13.2 Å². The number of rotatable bonds is 5. The van der Waals surface area contributed by atoms with Gasteiger partial charge in [0.25, 0.3) is 14.9 Å². The van der Waals surface area contributed by atoms with Gasteiger partial charge in [-0.25, -0.2) is 14.4 Å². The van der Waals surface area contributed by atoms with Crippen LogP contribution in [0.3, 0.4) is 0 Å². The van der Waals surface area contributed by atoms with Crippen LogP contribution in [0.15, 0.2) is 12.7 Å². The van der Waals surface area contributed by atoms with Gasteiger partial charge in [0.15, 0.2) is 12.7 Å². The largest absolute Gasteiger partial charge is 0.468 e. The lowest BCUT2D eigenvalue weighted by molar-refractivity contribution is -0.166. The van der Waals surface area contributed by atoms with Crippen LogP contribution in [0.1, 0.15) is 6.42 Å². The third-order valence-electron chi connectivity index (χ3n) is 4.23. The smallest absolute Gasteiger partial charge is 0.344 e. The van der Waals surface area contributed by atoms with Crippen LogP contribution >= 0.6 is 0 Å². The monoisotopic (exact) mass is 362 g/mol. The van der Waals surface area contributed by atoms with Crippen molar-refractivity contribution in [2.45, 2.75) is 35.6 Å². The fourth-order valence-corrected chi connectivity index (χ4v) is 5.26. The SMILES string of the molecule is C=CC(=O)OCC(=O)OC1C2CC3OS(=O)(=O)C1(C(=O)OC)C3O2. The molecule has 0 radical (unpaired) electrons. The summed E-state index contributed by atoms with van der Waals surface area (Å²) in [4.78, 5) is 35.1. The van der Waals surface area contributed by atoms with Gasteiger partial charge in [-0.05, 0) is 0 Å². The Morgan fingerprint density at radius 2 is 2.04 bits per heavy atom. The van der Waals surface area contributed by atoms with Crippen molar-refractivity contribution in [3.63, 3.8) is 0 Å². The summed E-state index contributed by atoms with van der Waals surface area (Å²) in [5, 5.41) is 0. The average molecular weight is 362 g/mol. The second kappa shape index (κ2) is 5.53. The zero-order valence-electron chi connectivity index (χ0n) is 12.5. The first kappa shape index (κ1) is 16.9. The molecule has 132 valence electrons. The zero-order valence-corrected chi connectivity index (χ0v) is 13.3. The molecule has 5 unspecified atom stereocenters. The van der Waals surface area contributed by atoms with E-state index < -0.39 is 63.8 Å². The number of hydrogen-bond acceptors (Lipinski definition) is 10. The molecule has 3 saturated heterocycles. The van der Waals surface area contributed by atoms with Crippen LogP contribution in [0, 0.1) is 0 Å². The molecule has 3 heterocycles. The Morgan fingerprint density at radius 3 is 2.67 bits per heavy atom. The average Bonchev–Trinajstić information content (AvgIpc) is 3.11. The van der Waals surface area contributed by atoms with E-state index >= 15 is 0 Å². The minimum Gasteiger partial charge on any atom is -0.468 e. The number of carbonyl (C=O) groups excluding carboxylic acids is 3. The molecule has 0 aromatic rings. The summed E-state index contributed by atoms with van der Waals surface area (Å²) >= 11 is 0. The van der Waals surface area contributed by atoms with Gasteiger partial charge < -0.3 is 18.9 Å². The molecular weight excluding hydrogens is 348 g/mol. The number of esters is 3. The molecule has 0 N–H and O–H groups in total. The summed E-state index contributed by atoms with van der Waals surface area (Å²) in [6.45, 7) is 2.40. The van der Waals surface area contributed by atoms with Crippen LogP contribution in [0.4, 0.5) is 0 Å². The topological polar surface area (TPSA) is 132 Å². The van der Waals surface area contributed by atoms with Gasteiger partial charge in [-0.3, -0.25) is 4.18 Å². The number of methoxy groups -OCH3 is 1. The Balaban J connectivity index is 1.87. The highest BCUT2D eigenvalue weighted by atomic mass is 32.2. The number of fused-ring (bicyclic) bond motifs is 1. The Hall–Kier alpha value is -1.98. The fourth-order valence-electron chi connectivity index (χ4n) is 3.33. The van der Waals surface area contributed by atoms with Crippen LogP contribution in [0.5, 0.6) is 0 Å². The lowest BCUT2D eigenvalue weighted by atomic mass is 9.83. The summed E-state index contributed by atoms with van der Waals surface area (Å²) in [7, 11) is -3.43. The predicted octanol–water partition coefficient (Wildman–Crippen LogP) is -1.56. The molecule has 3 aliphatic heterocycles. The molecule has 11 heteroatoms. The number of hydrogen-bond donors (Lipinski definition) is 0. The van der Waals surface area contributed by atoms with Gasteiger partial charge in [-0.1, -0.05) is 6.58 Å². The molecule has 24 heavy (non-hydrogen) atoms. The molecule has 5 atom stereocenters. The molecule has 3 rings (SSSR count). The summed E-state index contributed by atoms with van der Waals surface area (Å²) in [6, 6.07) is 0. The molecule has 0 spiro atoms. The van der Waals surface area contributed by atoms with Gasteiger partial charge in [0, 0.05) is 12.5 Å². The second-order valence-electron chi connectivity index (χ2n) is 5.43. The van der Waals surface area contributed by atoms with E-state index in [9.17, 15) is 22.8 Å². The highest BCUT2D eigenvalue weighted by Gasteiger charge is 2.82. The van der Waals surface area contributed by atoms with Crippen molar-refractivity contribution in [3.05, 3.63) is 12.7 Å². The lowest BCUT2D eigenvalue weighted by Gasteiger charge is -2.30. The Labute approximate surface area is 136 Å². The lowest BCUT2D eigenvalue weighted by Crippen LogP contribution is -2.61. The van der Waals surface area contributed by atoms with E-state index in [4.69, 9.17) is 13.7 Å². The molecular formula is C13H14O10S. The molecule has 10 nitrogen and oxygen atoms in total. The first-order chi connectivity index (χ1) is 11.3. The first-order valence-corrected chi connectivity index (χ1v) is 8.34. The van der Waals surface area contributed by atoms with E-state index in [1.54, 1.807) is 0 Å². The summed E-state index contributed by atoms with van der Waals surface area (Å²) in [5.74, 6) is -3.01. The van der Waals surface area contributed by atoms with Crippen LogP contribution < -0.4 is 0 Å². The van der Waals surface area contributed by atoms with Gasteiger partial charge in [0.2, 0.25) is 0 Å². The quantitative estimate of drug-likeness (QED) is 0.245. The normalized spacial score (nSPS) is 37.7. The Morgan fingerprint density at radius 1 is 1.33 bits per heavy atom. The highest BCUT2D eigenvalue weighted by molar-refractivity contribution is 7.89. The highest BCUT2D eigenvalue weighted by Crippen LogP contribution is 2.55. The third-order valence-corrected chi connectivity index (χ3v) is 6.19. The van der Waals surface area contributed by atoms with Crippen molar-refractivity contribution >= 4 is 28.0 Å². The van der Waals surface area contributed by atoms with Crippen LogP contribution in [0.25, 0.3) is 0 Å². The molecule has 0 amide bonds. The maximum Gasteiger partial charge on any atom is 0.344 e. The van der Waals surface area contributed by atoms with Crippen LogP contribution in [0.2, 0.25) is 0 Å².